The summed E-state index contributed by atoms with van der Waals surface area (Å²) in [5.74, 6) is -0.474. The molecule has 0 radical (unpaired) electrons. The molecule has 29 heavy (non-hydrogen) atoms. The number of hydrogen-bond acceptors (Lipinski definition) is 4. The molecule has 0 aliphatic carbocycles. The fourth-order valence-electron chi connectivity index (χ4n) is 3.54. The molecule has 1 aliphatic heterocycles. The summed E-state index contributed by atoms with van der Waals surface area (Å²) in [6, 6.07) is 12.0. The van der Waals surface area contributed by atoms with E-state index >= 15 is 0 Å². The Kier molecular flexibility index (Phi) is 5.48. The highest BCUT2D eigenvalue weighted by Crippen LogP contribution is 2.34. The predicted octanol–water partition coefficient (Wildman–Crippen LogP) is 5.06. The number of amides is 1. The molecule has 0 bridgehead atoms. The number of carbonyl (C=O) groups is 1. The predicted molar refractivity (Wildman–Crippen MR) is 111 cm³/mol. The van der Waals surface area contributed by atoms with Crippen LogP contribution in [0.3, 0.4) is 0 Å². The molecule has 4 rings (SSSR count). The van der Waals surface area contributed by atoms with Gasteiger partial charge in [-0.2, -0.15) is 0 Å². The lowest BCUT2D eigenvalue weighted by atomic mass is 10.0. The van der Waals surface area contributed by atoms with Crippen molar-refractivity contribution < 1.29 is 13.7 Å². The third kappa shape index (κ3) is 3.70. The van der Waals surface area contributed by atoms with Crippen molar-refractivity contribution in [1.29, 1.82) is 0 Å². The summed E-state index contributed by atoms with van der Waals surface area (Å²) in [6.45, 7) is 3.90. The van der Waals surface area contributed by atoms with Gasteiger partial charge in [-0.3, -0.25) is 4.79 Å². The van der Waals surface area contributed by atoms with Gasteiger partial charge in [-0.25, -0.2) is 4.39 Å². The van der Waals surface area contributed by atoms with E-state index < -0.39 is 5.82 Å². The van der Waals surface area contributed by atoms with Gasteiger partial charge < -0.3 is 14.3 Å². The maximum absolute atomic E-state index is 14.4. The first-order chi connectivity index (χ1) is 14.0. The minimum absolute atomic E-state index is 0.0732. The SMILES string of the molecule is Cc1onc(-c2c(F)cccc2Cl)c1C(=O)N1CCN(c2ccccc2Cl)CC1. The summed E-state index contributed by atoms with van der Waals surface area (Å²) in [5, 5.41) is 4.78. The van der Waals surface area contributed by atoms with Crippen LogP contribution in [0.5, 0.6) is 0 Å². The molecule has 1 fully saturated rings. The molecule has 150 valence electrons. The molecule has 2 heterocycles. The smallest absolute Gasteiger partial charge is 0.259 e. The quantitative estimate of drug-likeness (QED) is 0.579. The summed E-state index contributed by atoms with van der Waals surface area (Å²) < 4.78 is 19.6. The van der Waals surface area contributed by atoms with Gasteiger partial charge in [-0.05, 0) is 31.2 Å². The van der Waals surface area contributed by atoms with Crippen LogP contribution in [0.4, 0.5) is 10.1 Å². The number of halogens is 3. The van der Waals surface area contributed by atoms with Gasteiger partial charge in [0.05, 0.1) is 21.3 Å². The van der Waals surface area contributed by atoms with Crippen molar-refractivity contribution in [3.63, 3.8) is 0 Å². The van der Waals surface area contributed by atoms with Crippen molar-refractivity contribution in [2.45, 2.75) is 6.92 Å². The molecule has 2 aromatic carbocycles. The van der Waals surface area contributed by atoms with E-state index in [1.165, 1.54) is 12.1 Å². The van der Waals surface area contributed by atoms with E-state index in [2.05, 4.69) is 10.1 Å². The lowest BCUT2D eigenvalue weighted by Gasteiger charge is -2.36. The molecule has 0 saturated carbocycles. The molecule has 3 aromatic rings. The number of aryl methyl sites for hydroxylation is 1. The molecule has 5 nitrogen and oxygen atoms in total. The van der Waals surface area contributed by atoms with E-state index in [4.69, 9.17) is 27.7 Å². The molecule has 1 saturated heterocycles. The highest BCUT2D eigenvalue weighted by Gasteiger charge is 2.30. The molecule has 1 aromatic heterocycles. The fourth-order valence-corrected chi connectivity index (χ4v) is 4.04. The Hall–Kier alpha value is -2.57. The number of nitrogens with zero attached hydrogens (tertiary/aromatic N) is 3. The van der Waals surface area contributed by atoms with Crippen molar-refractivity contribution in [3.8, 4) is 11.3 Å². The van der Waals surface area contributed by atoms with Crippen LogP contribution in [0.1, 0.15) is 16.1 Å². The van der Waals surface area contributed by atoms with Crippen LogP contribution in [0.2, 0.25) is 10.0 Å². The number of para-hydroxylation sites is 1. The fraction of sp³-hybridized carbons (Fsp3) is 0.238. The maximum Gasteiger partial charge on any atom is 0.259 e. The zero-order valence-corrected chi connectivity index (χ0v) is 17.2. The summed E-state index contributed by atoms with van der Waals surface area (Å²) in [6.07, 6.45) is 0. The van der Waals surface area contributed by atoms with Crippen molar-refractivity contribution in [2.24, 2.45) is 0 Å². The van der Waals surface area contributed by atoms with E-state index in [0.29, 0.717) is 37.0 Å². The Morgan fingerprint density at radius 3 is 2.41 bits per heavy atom. The van der Waals surface area contributed by atoms with Crippen LogP contribution in [0.25, 0.3) is 11.3 Å². The molecule has 1 amide bonds. The monoisotopic (exact) mass is 433 g/mol. The standard InChI is InChI=1S/C21H18Cl2FN3O2/c1-13-18(20(25-29-13)19-15(23)6-4-7-16(19)24)21(28)27-11-9-26(10-12-27)17-8-3-2-5-14(17)22/h2-8H,9-12H2,1H3. The van der Waals surface area contributed by atoms with Crippen molar-refractivity contribution in [1.82, 2.24) is 10.1 Å². The van der Waals surface area contributed by atoms with Gasteiger partial charge in [0.2, 0.25) is 0 Å². The molecule has 0 unspecified atom stereocenters. The second kappa shape index (κ2) is 8.05. The Morgan fingerprint density at radius 1 is 1.03 bits per heavy atom. The average molecular weight is 434 g/mol. The highest BCUT2D eigenvalue weighted by molar-refractivity contribution is 6.33. The van der Waals surface area contributed by atoms with Crippen LogP contribution in [0.15, 0.2) is 47.0 Å². The largest absolute Gasteiger partial charge is 0.367 e. The Labute approximate surface area is 177 Å². The lowest BCUT2D eigenvalue weighted by Crippen LogP contribution is -2.49. The first-order valence-corrected chi connectivity index (χ1v) is 9.92. The van der Waals surface area contributed by atoms with E-state index in [1.807, 2.05) is 24.3 Å². The molecule has 8 heteroatoms. The van der Waals surface area contributed by atoms with Crippen molar-refractivity contribution >= 4 is 34.8 Å². The van der Waals surface area contributed by atoms with Crippen LogP contribution >= 0.6 is 23.2 Å². The Balaban J connectivity index is 1.58. The topological polar surface area (TPSA) is 49.6 Å². The summed E-state index contributed by atoms with van der Waals surface area (Å²) in [4.78, 5) is 17.1. The minimum Gasteiger partial charge on any atom is -0.367 e. The van der Waals surface area contributed by atoms with Gasteiger partial charge in [0, 0.05) is 26.2 Å². The third-order valence-electron chi connectivity index (χ3n) is 5.04. The summed E-state index contributed by atoms with van der Waals surface area (Å²) in [5.41, 5.74) is 1.39. The third-order valence-corrected chi connectivity index (χ3v) is 5.67. The number of benzene rings is 2. The Bertz CT molecular complexity index is 1040. The van der Waals surface area contributed by atoms with Gasteiger partial charge >= 0.3 is 0 Å². The van der Waals surface area contributed by atoms with Gasteiger partial charge in [0.15, 0.2) is 0 Å². The molecule has 0 atom stereocenters. The van der Waals surface area contributed by atoms with Crippen LogP contribution in [-0.4, -0.2) is 42.1 Å². The first-order valence-electron chi connectivity index (χ1n) is 9.16. The number of hydrogen-bond donors (Lipinski definition) is 0. The van der Waals surface area contributed by atoms with Gasteiger partial charge in [-0.15, -0.1) is 0 Å². The van der Waals surface area contributed by atoms with Gasteiger partial charge in [0.25, 0.3) is 5.91 Å². The second-order valence-corrected chi connectivity index (χ2v) is 7.60. The number of piperazine rings is 1. The molecule has 1 aliphatic rings. The van der Waals surface area contributed by atoms with Crippen LogP contribution < -0.4 is 4.90 Å². The molecular formula is C21H18Cl2FN3O2. The molecule has 0 spiro atoms. The van der Waals surface area contributed by atoms with E-state index in [-0.39, 0.29) is 27.8 Å². The minimum atomic E-state index is -0.552. The molecular weight excluding hydrogens is 416 g/mol. The van der Waals surface area contributed by atoms with Crippen LogP contribution in [-0.2, 0) is 0 Å². The normalized spacial score (nSPS) is 14.3. The van der Waals surface area contributed by atoms with Crippen LogP contribution in [0, 0.1) is 12.7 Å². The van der Waals surface area contributed by atoms with Gasteiger partial charge in [0.1, 0.15) is 22.8 Å². The highest BCUT2D eigenvalue weighted by atomic mass is 35.5. The van der Waals surface area contributed by atoms with Crippen molar-refractivity contribution in [3.05, 3.63) is 69.7 Å². The Morgan fingerprint density at radius 2 is 1.72 bits per heavy atom. The maximum atomic E-state index is 14.4. The number of carbonyl (C=O) groups excluding carboxylic acids is 1. The second-order valence-electron chi connectivity index (χ2n) is 6.79. The van der Waals surface area contributed by atoms with Gasteiger partial charge in [-0.1, -0.05) is 46.6 Å². The average Bonchev–Trinajstić information content (AvgIpc) is 3.09. The summed E-state index contributed by atoms with van der Waals surface area (Å²) in [7, 11) is 0. The zero-order chi connectivity index (χ0) is 20.5. The van der Waals surface area contributed by atoms with E-state index in [0.717, 1.165) is 5.69 Å². The van der Waals surface area contributed by atoms with Crippen molar-refractivity contribution in [2.75, 3.05) is 31.1 Å². The summed E-state index contributed by atoms with van der Waals surface area (Å²) >= 11 is 12.5. The zero-order valence-electron chi connectivity index (χ0n) is 15.7. The lowest BCUT2D eigenvalue weighted by molar-refractivity contribution is 0.0745. The van der Waals surface area contributed by atoms with E-state index in [9.17, 15) is 9.18 Å². The van der Waals surface area contributed by atoms with E-state index in [1.54, 1.807) is 17.9 Å². The molecule has 0 N–H and O–H groups in total. The number of anilines is 1. The first kappa shape index (κ1) is 19.7. The number of rotatable bonds is 3. The number of aromatic nitrogens is 1.